The number of hydrogen-bond acceptors (Lipinski definition) is 5. The van der Waals surface area contributed by atoms with Crippen molar-refractivity contribution in [3.05, 3.63) is 64.3 Å². The minimum absolute atomic E-state index is 0.322. The quantitative estimate of drug-likeness (QED) is 0.486. The van der Waals surface area contributed by atoms with Gasteiger partial charge in [-0.25, -0.2) is 0 Å². The summed E-state index contributed by atoms with van der Waals surface area (Å²) < 4.78 is 10.3. The maximum Gasteiger partial charge on any atom is 0.273 e. The van der Waals surface area contributed by atoms with Crippen molar-refractivity contribution < 1.29 is 19.1 Å². The van der Waals surface area contributed by atoms with E-state index in [1.54, 1.807) is 43.3 Å². The van der Waals surface area contributed by atoms with Crippen molar-refractivity contribution >= 4 is 29.1 Å². The first-order valence-corrected chi connectivity index (χ1v) is 8.76. The Hall–Kier alpha value is -3.19. The van der Waals surface area contributed by atoms with Gasteiger partial charge in [0.1, 0.15) is 11.5 Å². The SMILES string of the molecule is COc1ccc(C(=O)NNC(C)=CC(=O)Nc2cccc(Cl)c2C)c(OC)c1. The second kappa shape index (κ2) is 9.66. The van der Waals surface area contributed by atoms with Crippen LogP contribution >= 0.6 is 11.6 Å². The van der Waals surface area contributed by atoms with Gasteiger partial charge in [0, 0.05) is 28.5 Å². The lowest BCUT2D eigenvalue weighted by Crippen LogP contribution is -2.36. The Morgan fingerprint density at radius 1 is 1.07 bits per heavy atom. The van der Waals surface area contributed by atoms with E-state index in [2.05, 4.69) is 16.2 Å². The van der Waals surface area contributed by atoms with E-state index in [0.717, 1.165) is 5.56 Å². The minimum atomic E-state index is -0.418. The highest BCUT2D eigenvalue weighted by atomic mass is 35.5. The van der Waals surface area contributed by atoms with E-state index in [-0.39, 0.29) is 5.91 Å². The predicted octanol–water partition coefficient (Wildman–Crippen LogP) is 3.44. The Morgan fingerprint density at radius 3 is 2.50 bits per heavy atom. The summed E-state index contributed by atoms with van der Waals surface area (Å²) in [7, 11) is 2.99. The molecule has 0 aliphatic carbocycles. The average molecular weight is 404 g/mol. The Labute approximate surface area is 168 Å². The number of rotatable bonds is 7. The van der Waals surface area contributed by atoms with Crippen molar-refractivity contribution in [2.45, 2.75) is 13.8 Å². The summed E-state index contributed by atoms with van der Waals surface area (Å²) in [6.07, 6.45) is 1.33. The van der Waals surface area contributed by atoms with Crippen molar-refractivity contribution in [3.63, 3.8) is 0 Å². The van der Waals surface area contributed by atoms with Gasteiger partial charge in [0.05, 0.1) is 19.8 Å². The highest BCUT2D eigenvalue weighted by Gasteiger charge is 2.13. The highest BCUT2D eigenvalue weighted by molar-refractivity contribution is 6.31. The normalized spacial score (nSPS) is 10.8. The number of carbonyl (C=O) groups excluding carboxylic acids is 2. The molecule has 0 saturated carbocycles. The van der Waals surface area contributed by atoms with Crippen LogP contribution in [0.25, 0.3) is 0 Å². The fourth-order valence-electron chi connectivity index (χ4n) is 2.35. The highest BCUT2D eigenvalue weighted by Crippen LogP contribution is 2.24. The van der Waals surface area contributed by atoms with Gasteiger partial charge in [-0.05, 0) is 43.7 Å². The molecule has 2 rings (SSSR count). The van der Waals surface area contributed by atoms with Crippen LogP contribution in [0.5, 0.6) is 11.5 Å². The molecule has 0 bridgehead atoms. The van der Waals surface area contributed by atoms with Gasteiger partial charge in [-0.3, -0.25) is 15.0 Å². The van der Waals surface area contributed by atoms with Crippen LogP contribution in [0.15, 0.2) is 48.2 Å². The average Bonchev–Trinajstić information content (AvgIpc) is 2.69. The lowest BCUT2D eigenvalue weighted by Gasteiger charge is -2.12. The molecule has 28 heavy (non-hydrogen) atoms. The number of allylic oxidation sites excluding steroid dienone is 1. The topological polar surface area (TPSA) is 88.7 Å². The summed E-state index contributed by atoms with van der Waals surface area (Å²) in [4.78, 5) is 24.5. The molecular weight excluding hydrogens is 382 g/mol. The van der Waals surface area contributed by atoms with Gasteiger partial charge in [-0.15, -0.1) is 0 Å². The molecule has 0 saturated heterocycles. The fourth-order valence-corrected chi connectivity index (χ4v) is 2.53. The van der Waals surface area contributed by atoms with Gasteiger partial charge in [-0.2, -0.15) is 0 Å². The van der Waals surface area contributed by atoms with E-state index >= 15 is 0 Å². The Balaban J connectivity index is 1.99. The molecule has 7 nitrogen and oxygen atoms in total. The number of hydrazine groups is 1. The number of carbonyl (C=O) groups is 2. The molecule has 0 aromatic heterocycles. The van der Waals surface area contributed by atoms with E-state index in [0.29, 0.717) is 33.5 Å². The monoisotopic (exact) mass is 403 g/mol. The number of amides is 2. The number of ether oxygens (including phenoxy) is 2. The summed E-state index contributed by atoms with van der Waals surface area (Å²) in [5.41, 5.74) is 7.37. The molecule has 0 unspecified atom stereocenters. The van der Waals surface area contributed by atoms with Crippen LogP contribution in [0.4, 0.5) is 5.69 Å². The first kappa shape index (κ1) is 21.1. The third-order valence-electron chi connectivity index (χ3n) is 3.90. The van der Waals surface area contributed by atoms with Crippen molar-refractivity contribution in [2.24, 2.45) is 0 Å². The maximum absolute atomic E-state index is 12.4. The van der Waals surface area contributed by atoms with Gasteiger partial charge in [0.15, 0.2) is 0 Å². The van der Waals surface area contributed by atoms with Crippen LogP contribution in [0, 0.1) is 6.92 Å². The zero-order chi connectivity index (χ0) is 20.7. The van der Waals surface area contributed by atoms with Gasteiger partial charge in [-0.1, -0.05) is 17.7 Å². The van der Waals surface area contributed by atoms with Gasteiger partial charge < -0.3 is 20.2 Å². The number of halogens is 1. The molecule has 2 aromatic rings. The van der Waals surface area contributed by atoms with Crippen LogP contribution in [-0.4, -0.2) is 26.0 Å². The summed E-state index contributed by atoms with van der Waals surface area (Å²) in [5.74, 6) is 0.171. The molecular formula is C20H22ClN3O4. The molecule has 2 amide bonds. The molecule has 0 heterocycles. The minimum Gasteiger partial charge on any atom is -0.497 e. The summed E-state index contributed by atoms with van der Waals surface area (Å²) in [5, 5.41) is 3.31. The first-order chi connectivity index (χ1) is 13.3. The second-order valence-corrected chi connectivity index (χ2v) is 6.28. The molecule has 0 spiro atoms. The Morgan fingerprint density at radius 2 is 1.82 bits per heavy atom. The van der Waals surface area contributed by atoms with Crippen LogP contribution in [0.3, 0.4) is 0 Å². The molecule has 8 heteroatoms. The molecule has 148 valence electrons. The number of hydrogen-bond donors (Lipinski definition) is 3. The summed E-state index contributed by atoms with van der Waals surface area (Å²) >= 11 is 6.04. The summed E-state index contributed by atoms with van der Waals surface area (Å²) in [6, 6.07) is 10.1. The van der Waals surface area contributed by atoms with Crippen molar-refractivity contribution in [3.8, 4) is 11.5 Å². The van der Waals surface area contributed by atoms with Crippen LogP contribution in [-0.2, 0) is 4.79 Å². The van der Waals surface area contributed by atoms with E-state index in [1.807, 2.05) is 6.92 Å². The predicted molar refractivity (Wildman–Crippen MR) is 109 cm³/mol. The molecule has 0 atom stereocenters. The largest absolute Gasteiger partial charge is 0.497 e. The van der Waals surface area contributed by atoms with E-state index < -0.39 is 5.91 Å². The number of anilines is 1. The Kier molecular flexibility index (Phi) is 7.28. The van der Waals surface area contributed by atoms with Crippen molar-refractivity contribution in [2.75, 3.05) is 19.5 Å². The molecule has 0 aliphatic heterocycles. The number of methoxy groups -OCH3 is 2. The summed E-state index contributed by atoms with van der Waals surface area (Å²) in [6.45, 7) is 3.46. The molecule has 0 aliphatic rings. The Bertz CT molecular complexity index is 912. The van der Waals surface area contributed by atoms with Crippen molar-refractivity contribution in [1.82, 2.24) is 10.9 Å². The maximum atomic E-state index is 12.4. The van der Waals surface area contributed by atoms with Gasteiger partial charge in [0.2, 0.25) is 5.91 Å². The molecule has 0 fully saturated rings. The van der Waals surface area contributed by atoms with Gasteiger partial charge >= 0.3 is 0 Å². The first-order valence-electron chi connectivity index (χ1n) is 8.38. The van der Waals surface area contributed by atoms with Crippen molar-refractivity contribution in [1.29, 1.82) is 0 Å². The zero-order valence-corrected chi connectivity index (χ0v) is 16.8. The molecule has 0 radical (unpaired) electrons. The number of benzene rings is 2. The van der Waals surface area contributed by atoms with E-state index in [4.69, 9.17) is 21.1 Å². The standard InChI is InChI=1S/C20H22ClN3O4/c1-12(10-19(25)22-17-7-5-6-16(21)13(17)2)23-24-20(26)15-9-8-14(27-3)11-18(15)28-4/h5-11,23H,1-4H3,(H,22,25)(H,24,26). The second-order valence-electron chi connectivity index (χ2n) is 5.87. The lowest BCUT2D eigenvalue weighted by atomic mass is 10.2. The lowest BCUT2D eigenvalue weighted by molar-refractivity contribution is -0.112. The fraction of sp³-hybridized carbons (Fsp3) is 0.200. The number of nitrogens with one attached hydrogen (secondary N) is 3. The van der Waals surface area contributed by atoms with E-state index in [1.165, 1.54) is 20.3 Å². The molecule has 3 N–H and O–H groups in total. The zero-order valence-electron chi connectivity index (χ0n) is 16.1. The molecule has 2 aromatic carbocycles. The van der Waals surface area contributed by atoms with Crippen LogP contribution < -0.4 is 25.6 Å². The third kappa shape index (κ3) is 5.40. The van der Waals surface area contributed by atoms with Gasteiger partial charge in [0.25, 0.3) is 5.91 Å². The van der Waals surface area contributed by atoms with Crippen LogP contribution in [0.1, 0.15) is 22.8 Å². The smallest absolute Gasteiger partial charge is 0.273 e. The third-order valence-corrected chi connectivity index (χ3v) is 4.31. The van der Waals surface area contributed by atoms with E-state index in [9.17, 15) is 9.59 Å². The van der Waals surface area contributed by atoms with Crippen LogP contribution in [0.2, 0.25) is 5.02 Å².